The maximum Gasteiger partial charge on any atom is 0.325 e. The monoisotopic (exact) mass is 478 g/mol. The van der Waals surface area contributed by atoms with Gasteiger partial charge in [-0.25, -0.2) is 9.88 Å². The second-order valence-corrected chi connectivity index (χ2v) is 9.08. The number of nitrogens with zero attached hydrogens (tertiary/aromatic N) is 4. The van der Waals surface area contributed by atoms with Crippen LogP contribution in [-0.2, 0) is 4.79 Å². The van der Waals surface area contributed by atoms with E-state index >= 15 is 0 Å². The number of aromatic nitrogens is 3. The van der Waals surface area contributed by atoms with Crippen molar-refractivity contribution >= 4 is 35.0 Å². The quantitative estimate of drug-likeness (QED) is 0.318. The summed E-state index contributed by atoms with van der Waals surface area (Å²) in [5, 5.41) is 18.7. The standard InChI is InChI=1S/C24H19ClN4O3S/c1-3-33-24-26-22(31)21-17-6-4-5-7-18(17)28(14(2)30)23(29(21)27-24)20-13-12-19(32-20)15-8-10-16(25)11-9-15/h4-13,23H,3H2,1-2H3. The Labute approximate surface area is 199 Å². The zero-order chi connectivity index (χ0) is 23.1. The first kappa shape index (κ1) is 21.5. The average Bonchev–Trinajstić information content (AvgIpc) is 3.28. The summed E-state index contributed by atoms with van der Waals surface area (Å²) in [5.41, 5.74) is 2.37. The predicted octanol–water partition coefficient (Wildman–Crippen LogP) is 4.44. The highest BCUT2D eigenvalue weighted by molar-refractivity contribution is 7.99. The van der Waals surface area contributed by atoms with Gasteiger partial charge in [-0.05, 0) is 59.0 Å². The largest absolute Gasteiger partial charge is 0.854 e. The Morgan fingerprint density at radius 1 is 1.18 bits per heavy atom. The Morgan fingerprint density at radius 2 is 1.94 bits per heavy atom. The molecule has 5 rings (SSSR count). The number of rotatable bonds is 4. The van der Waals surface area contributed by atoms with Crippen LogP contribution < -0.4 is 14.7 Å². The van der Waals surface area contributed by atoms with Gasteiger partial charge in [-0.3, -0.25) is 4.79 Å². The summed E-state index contributed by atoms with van der Waals surface area (Å²) in [6.07, 6.45) is -0.777. The predicted molar refractivity (Wildman–Crippen MR) is 124 cm³/mol. The van der Waals surface area contributed by atoms with E-state index in [1.807, 2.05) is 43.3 Å². The van der Waals surface area contributed by atoms with Crippen molar-refractivity contribution in [2.45, 2.75) is 25.2 Å². The van der Waals surface area contributed by atoms with Crippen LogP contribution in [0, 0.1) is 0 Å². The number of carbonyl (C=O) groups excluding carboxylic acids is 1. The highest BCUT2D eigenvalue weighted by atomic mass is 35.5. The average molecular weight is 479 g/mol. The third kappa shape index (κ3) is 3.75. The molecule has 33 heavy (non-hydrogen) atoms. The molecule has 0 saturated carbocycles. The molecule has 2 aromatic carbocycles. The summed E-state index contributed by atoms with van der Waals surface area (Å²) in [4.78, 5) is 18.7. The van der Waals surface area contributed by atoms with Crippen molar-refractivity contribution in [3.8, 4) is 28.5 Å². The first-order valence-electron chi connectivity index (χ1n) is 10.4. The van der Waals surface area contributed by atoms with E-state index in [1.54, 1.807) is 33.8 Å². The van der Waals surface area contributed by atoms with Crippen molar-refractivity contribution in [2.24, 2.45) is 0 Å². The second kappa shape index (κ2) is 8.53. The molecule has 1 aliphatic heterocycles. The minimum atomic E-state index is -0.777. The molecule has 1 unspecified atom stereocenters. The van der Waals surface area contributed by atoms with Gasteiger partial charge < -0.3 is 9.52 Å². The van der Waals surface area contributed by atoms with Crippen molar-refractivity contribution in [3.05, 3.63) is 71.4 Å². The summed E-state index contributed by atoms with van der Waals surface area (Å²) >= 11 is 7.38. The number of halogens is 1. The minimum Gasteiger partial charge on any atom is -0.854 e. The maximum atomic E-state index is 13.1. The van der Waals surface area contributed by atoms with E-state index in [4.69, 9.17) is 16.0 Å². The summed E-state index contributed by atoms with van der Waals surface area (Å²) < 4.78 is 7.77. The molecule has 0 fully saturated rings. The Hall–Kier alpha value is -3.36. The lowest BCUT2D eigenvalue weighted by atomic mass is 10.0. The molecule has 9 heteroatoms. The van der Waals surface area contributed by atoms with Gasteiger partial charge in [-0.1, -0.05) is 42.4 Å². The fraction of sp³-hybridized carbons (Fsp3) is 0.167. The first-order chi connectivity index (χ1) is 16.0. The molecule has 0 spiro atoms. The van der Waals surface area contributed by atoms with Crippen molar-refractivity contribution in [3.63, 3.8) is 0 Å². The molecule has 0 saturated heterocycles. The molecule has 1 amide bonds. The lowest BCUT2D eigenvalue weighted by Crippen LogP contribution is -2.58. The molecule has 7 nitrogen and oxygen atoms in total. The number of furan rings is 1. The Bertz CT molecular complexity index is 1360. The number of hydrogen-bond donors (Lipinski definition) is 0. The van der Waals surface area contributed by atoms with Crippen molar-refractivity contribution in [1.29, 1.82) is 0 Å². The molecule has 0 N–H and O–H groups in total. The molecule has 3 heterocycles. The van der Waals surface area contributed by atoms with Crippen molar-refractivity contribution < 1.29 is 19.0 Å². The zero-order valence-corrected chi connectivity index (χ0v) is 19.4. The van der Waals surface area contributed by atoms with Crippen LogP contribution in [0.25, 0.3) is 22.6 Å². The molecule has 166 valence electrons. The van der Waals surface area contributed by atoms with E-state index in [0.717, 1.165) is 5.56 Å². The van der Waals surface area contributed by atoms with Gasteiger partial charge in [0.25, 0.3) is 10.9 Å². The number of anilines is 1. The number of benzene rings is 2. The van der Waals surface area contributed by atoms with E-state index in [0.29, 0.717) is 44.4 Å². The van der Waals surface area contributed by atoms with Gasteiger partial charge in [0, 0.05) is 22.6 Å². The number of thioether (sulfide) groups is 1. The molecular weight excluding hydrogens is 460 g/mol. The van der Waals surface area contributed by atoms with Gasteiger partial charge in [0.15, 0.2) is 5.76 Å². The number of para-hydroxylation sites is 1. The summed E-state index contributed by atoms with van der Waals surface area (Å²) in [5.74, 6) is 1.20. The van der Waals surface area contributed by atoms with Crippen LogP contribution in [0.5, 0.6) is 5.88 Å². The topological polar surface area (TPSA) is 86.2 Å². The number of carbonyl (C=O) groups is 1. The fourth-order valence-electron chi connectivity index (χ4n) is 3.98. The van der Waals surface area contributed by atoms with Crippen LogP contribution in [0.2, 0.25) is 5.02 Å². The Morgan fingerprint density at radius 3 is 2.67 bits per heavy atom. The fourth-order valence-corrected chi connectivity index (χ4v) is 4.66. The van der Waals surface area contributed by atoms with Crippen molar-refractivity contribution in [1.82, 2.24) is 10.1 Å². The van der Waals surface area contributed by atoms with Gasteiger partial charge in [0.2, 0.25) is 5.91 Å². The van der Waals surface area contributed by atoms with Gasteiger partial charge in [-0.2, -0.15) is 0 Å². The van der Waals surface area contributed by atoms with Gasteiger partial charge >= 0.3 is 6.17 Å². The Kier molecular flexibility index (Phi) is 5.55. The highest BCUT2D eigenvalue weighted by Crippen LogP contribution is 2.41. The van der Waals surface area contributed by atoms with E-state index in [-0.39, 0.29) is 5.91 Å². The van der Waals surface area contributed by atoms with Crippen LogP contribution in [0.3, 0.4) is 0 Å². The summed E-state index contributed by atoms with van der Waals surface area (Å²) in [7, 11) is 0. The summed E-state index contributed by atoms with van der Waals surface area (Å²) in [6.45, 7) is 3.45. The van der Waals surface area contributed by atoms with E-state index < -0.39 is 12.0 Å². The molecule has 4 aromatic rings. The van der Waals surface area contributed by atoms with E-state index in [1.165, 1.54) is 18.7 Å². The highest BCUT2D eigenvalue weighted by Gasteiger charge is 2.45. The lowest BCUT2D eigenvalue weighted by Gasteiger charge is -2.31. The van der Waals surface area contributed by atoms with Crippen LogP contribution >= 0.6 is 23.4 Å². The Balaban J connectivity index is 1.73. The zero-order valence-electron chi connectivity index (χ0n) is 17.9. The minimum absolute atomic E-state index is 0.203. The maximum absolute atomic E-state index is 13.1. The lowest BCUT2D eigenvalue weighted by molar-refractivity contribution is -0.765. The molecule has 1 atom stereocenters. The SMILES string of the molecule is CCSc1nc([O-])c2[n+](n1)C(c1ccc(-c3ccc(Cl)cc3)o1)N(C(C)=O)c1ccccc1-2. The molecular formula is C24H19ClN4O3S. The normalized spacial score (nSPS) is 14.6. The number of hydrogen-bond acceptors (Lipinski definition) is 6. The molecule has 2 aromatic heterocycles. The molecule has 0 radical (unpaired) electrons. The van der Waals surface area contributed by atoms with Crippen LogP contribution in [0.1, 0.15) is 25.8 Å². The van der Waals surface area contributed by atoms with E-state index in [2.05, 4.69) is 10.1 Å². The second-order valence-electron chi connectivity index (χ2n) is 7.41. The number of amides is 1. The third-order valence-corrected chi connectivity index (χ3v) is 6.31. The number of fused-ring (bicyclic) bond motifs is 3. The first-order valence-corrected chi connectivity index (χ1v) is 11.7. The van der Waals surface area contributed by atoms with Gasteiger partial charge in [0.05, 0.1) is 17.1 Å². The van der Waals surface area contributed by atoms with E-state index in [9.17, 15) is 9.90 Å². The van der Waals surface area contributed by atoms with Crippen LogP contribution in [-0.4, -0.2) is 21.7 Å². The van der Waals surface area contributed by atoms with Gasteiger partial charge in [-0.15, -0.1) is 0 Å². The molecule has 0 aliphatic carbocycles. The third-order valence-electron chi connectivity index (χ3n) is 5.34. The van der Waals surface area contributed by atoms with Crippen LogP contribution in [0.4, 0.5) is 5.69 Å². The van der Waals surface area contributed by atoms with Gasteiger partial charge in [0.1, 0.15) is 5.76 Å². The molecule has 0 bridgehead atoms. The smallest absolute Gasteiger partial charge is 0.325 e. The van der Waals surface area contributed by atoms with Crippen LogP contribution in [0.15, 0.2) is 70.2 Å². The summed E-state index contributed by atoms with van der Waals surface area (Å²) in [6, 6.07) is 18.2. The van der Waals surface area contributed by atoms with Crippen molar-refractivity contribution in [2.75, 3.05) is 10.7 Å². The molecule has 1 aliphatic rings.